The molecule has 0 amide bonds. The predicted octanol–water partition coefficient (Wildman–Crippen LogP) is 1.90. The summed E-state index contributed by atoms with van der Waals surface area (Å²) in [4.78, 5) is 11.4. The van der Waals surface area contributed by atoms with Crippen molar-refractivity contribution in [3.8, 4) is 0 Å². The number of esters is 1. The quantitative estimate of drug-likeness (QED) is 0.581. The van der Waals surface area contributed by atoms with Crippen LogP contribution in [0, 0.1) is 5.41 Å². The molecule has 1 N–H and O–H groups in total. The maximum Gasteiger partial charge on any atom is 0.333 e. The van der Waals surface area contributed by atoms with Gasteiger partial charge in [-0.2, -0.15) is 0 Å². The van der Waals surface area contributed by atoms with Crippen LogP contribution in [0.4, 0.5) is 0 Å². The van der Waals surface area contributed by atoms with Crippen LogP contribution in [0.5, 0.6) is 0 Å². The van der Waals surface area contributed by atoms with Crippen molar-refractivity contribution in [3.05, 3.63) is 11.6 Å². The van der Waals surface area contributed by atoms with E-state index in [0.29, 0.717) is 25.1 Å². The molecule has 2 unspecified atom stereocenters. The third kappa shape index (κ3) is 3.12. The van der Waals surface area contributed by atoms with Crippen molar-refractivity contribution < 1.29 is 14.3 Å². The molecule has 4 heteroatoms. The second-order valence-electron chi connectivity index (χ2n) is 5.32. The van der Waals surface area contributed by atoms with E-state index in [-0.39, 0.29) is 11.4 Å². The van der Waals surface area contributed by atoms with Gasteiger partial charge in [0.1, 0.15) is 0 Å². The summed E-state index contributed by atoms with van der Waals surface area (Å²) in [5.74, 6) is -0.234. The molecule has 18 heavy (non-hydrogen) atoms. The summed E-state index contributed by atoms with van der Waals surface area (Å²) in [6, 6.07) is 0.439. The maximum absolute atomic E-state index is 11.4. The lowest BCUT2D eigenvalue weighted by atomic mass is 9.64. The van der Waals surface area contributed by atoms with Crippen LogP contribution in [-0.4, -0.2) is 38.9 Å². The van der Waals surface area contributed by atoms with Gasteiger partial charge in [-0.3, -0.25) is 0 Å². The third-order valence-electron chi connectivity index (χ3n) is 4.00. The molecule has 0 bridgehead atoms. The fourth-order valence-electron chi connectivity index (χ4n) is 2.46. The van der Waals surface area contributed by atoms with Gasteiger partial charge < -0.3 is 14.8 Å². The number of hydrogen-bond donors (Lipinski definition) is 1. The van der Waals surface area contributed by atoms with Gasteiger partial charge in [-0.25, -0.2) is 4.79 Å². The Labute approximate surface area is 110 Å². The molecule has 1 saturated carbocycles. The molecular weight excluding hydrogens is 230 g/mol. The Morgan fingerprint density at radius 1 is 1.44 bits per heavy atom. The van der Waals surface area contributed by atoms with Crippen molar-refractivity contribution in [1.29, 1.82) is 0 Å². The number of carbonyl (C=O) groups excluding carboxylic acids is 1. The highest BCUT2D eigenvalue weighted by Gasteiger charge is 2.47. The van der Waals surface area contributed by atoms with Gasteiger partial charge in [0.15, 0.2) is 0 Å². The maximum atomic E-state index is 11.4. The minimum absolute atomic E-state index is 0.153. The van der Waals surface area contributed by atoms with Crippen LogP contribution in [0.3, 0.4) is 0 Å². The zero-order valence-electron chi connectivity index (χ0n) is 12.1. The molecule has 0 aromatic carbocycles. The fourth-order valence-corrected chi connectivity index (χ4v) is 2.46. The van der Waals surface area contributed by atoms with Crippen LogP contribution in [0.1, 0.15) is 33.6 Å². The first-order valence-electron chi connectivity index (χ1n) is 6.50. The molecule has 0 radical (unpaired) electrons. The number of nitrogens with one attached hydrogen (secondary N) is 1. The van der Waals surface area contributed by atoms with Crippen molar-refractivity contribution >= 4 is 5.97 Å². The van der Waals surface area contributed by atoms with Crippen LogP contribution in [0.25, 0.3) is 0 Å². The van der Waals surface area contributed by atoms with Gasteiger partial charge in [-0.1, -0.05) is 26.8 Å². The first-order valence-corrected chi connectivity index (χ1v) is 6.50. The van der Waals surface area contributed by atoms with E-state index in [1.807, 2.05) is 13.0 Å². The molecule has 1 aliphatic rings. The van der Waals surface area contributed by atoms with Crippen LogP contribution in [-0.2, 0) is 14.3 Å². The molecule has 104 valence electrons. The summed E-state index contributed by atoms with van der Waals surface area (Å²) in [5, 5.41) is 3.45. The van der Waals surface area contributed by atoms with Gasteiger partial charge in [0, 0.05) is 30.7 Å². The number of hydrogen-bond acceptors (Lipinski definition) is 4. The highest BCUT2D eigenvalue weighted by molar-refractivity contribution is 5.88. The van der Waals surface area contributed by atoms with Crippen molar-refractivity contribution in [2.45, 2.75) is 45.8 Å². The minimum Gasteiger partial charge on any atom is -0.466 e. The molecule has 1 aliphatic carbocycles. The smallest absolute Gasteiger partial charge is 0.333 e. The molecule has 0 spiro atoms. The van der Waals surface area contributed by atoms with Crippen LogP contribution in [0.15, 0.2) is 11.6 Å². The second kappa shape index (κ2) is 6.34. The van der Waals surface area contributed by atoms with E-state index in [1.54, 1.807) is 7.11 Å². The first-order chi connectivity index (χ1) is 8.47. The molecule has 0 saturated heterocycles. The number of rotatable bonds is 6. The van der Waals surface area contributed by atoms with Crippen LogP contribution < -0.4 is 5.32 Å². The number of methoxy groups -OCH3 is 2. The van der Waals surface area contributed by atoms with Crippen LogP contribution in [0.2, 0.25) is 0 Å². The summed E-state index contributed by atoms with van der Waals surface area (Å²) >= 11 is 0. The van der Waals surface area contributed by atoms with Crippen molar-refractivity contribution in [3.63, 3.8) is 0 Å². The van der Waals surface area contributed by atoms with E-state index >= 15 is 0 Å². The summed E-state index contributed by atoms with van der Waals surface area (Å²) in [6.45, 7) is 7.06. The predicted molar refractivity (Wildman–Crippen MR) is 71.4 cm³/mol. The summed E-state index contributed by atoms with van der Waals surface area (Å²) in [5.41, 5.74) is 0.880. The summed E-state index contributed by atoms with van der Waals surface area (Å²) in [6.07, 6.45) is 3.97. The SMILES string of the molecule is CCC(=CCNC1CC(OC)C1(C)C)C(=O)OC. The summed E-state index contributed by atoms with van der Waals surface area (Å²) < 4.78 is 10.1. The third-order valence-corrected chi connectivity index (χ3v) is 4.00. The second-order valence-corrected chi connectivity index (χ2v) is 5.32. The number of carbonyl (C=O) groups is 1. The van der Waals surface area contributed by atoms with Gasteiger partial charge in [0.25, 0.3) is 0 Å². The zero-order valence-corrected chi connectivity index (χ0v) is 12.1. The lowest BCUT2D eigenvalue weighted by Crippen LogP contribution is -2.60. The van der Waals surface area contributed by atoms with Gasteiger partial charge in [0.05, 0.1) is 13.2 Å². The standard InChI is InChI=1S/C14H25NO3/c1-6-10(13(16)18-5)7-8-15-11-9-12(17-4)14(11,2)3/h7,11-12,15H,6,8-9H2,1-5H3. The topological polar surface area (TPSA) is 47.6 Å². The average Bonchev–Trinajstić information content (AvgIpc) is 2.36. The molecule has 1 fully saturated rings. The largest absolute Gasteiger partial charge is 0.466 e. The molecule has 0 aromatic heterocycles. The Kier molecular flexibility index (Phi) is 5.35. The molecule has 4 nitrogen and oxygen atoms in total. The lowest BCUT2D eigenvalue weighted by molar-refractivity contribution is -0.136. The first kappa shape index (κ1) is 15.2. The lowest BCUT2D eigenvalue weighted by Gasteiger charge is -2.51. The van der Waals surface area contributed by atoms with E-state index in [2.05, 4.69) is 19.2 Å². The summed E-state index contributed by atoms with van der Waals surface area (Å²) in [7, 11) is 3.17. The highest BCUT2D eigenvalue weighted by Crippen LogP contribution is 2.42. The molecular formula is C14H25NO3. The Hall–Kier alpha value is -0.870. The van der Waals surface area contributed by atoms with Gasteiger partial charge in [-0.05, 0) is 12.8 Å². The van der Waals surface area contributed by atoms with E-state index in [0.717, 1.165) is 12.0 Å². The van der Waals surface area contributed by atoms with Crippen molar-refractivity contribution in [2.75, 3.05) is 20.8 Å². The Balaban J connectivity index is 2.43. The Bertz CT molecular complexity index is 323. The molecule has 1 rings (SSSR count). The van der Waals surface area contributed by atoms with Gasteiger partial charge >= 0.3 is 5.97 Å². The Morgan fingerprint density at radius 3 is 2.56 bits per heavy atom. The Morgan fingerprint density at radius 2 is 2.11 bits per heavy atom. The number of ether oxygens (including phenoxy) is 2. The molecule has 2 atom stereocenters. The van der Waals surface area contributed by atoms with Gasteiger partial charge in [0.2, 0.25) is 0 Å². The van der Waals surface area contributed by atoms with Crippen LogP contribution >= 0.6 is 0 Å². The van der Waals surface area contributed by atoms with E-state index < -0.39 is 0 Å². The average molecular weight is 255 g/mol. The highest BCUT2D eigenvalue weighted by atomic mass is 16.5. The van der Waals surface area contributed by atoms with E-state index in [9.17, 15) is 4.79 Å². The van der Waals surface area contributed by atoms with Crippen molar-refractivity contribution in [2.24, 2.45) is 5.41 Å². The van der Waals surface area contributed by atoms with E-state index in [4.69, 9.17) is 9.47 Å². The molecule has 0 aromatic rings. The van der Waals surface area contributed by atoms with Gasteiger partial charge in [-0.15, -0.1) is 0 Å². The zero-order chi connectivity index (χ0) is 13.8. The fraction of sp³-hybridized carbons (Fsp3) is 0.786. The normalized spacial score (nSPS) is 26.6. The van der Waals surface area contributed by atoms with E-state index in [1.165, 1.54) is 7.11 Å². The van der Waals surface area contributed by atoms with Crippen molar-refractivity contribution in [1.82, 2.24) is 5.32 Å². The monoisotopic (exact) mass is 255 g/mol. The molecule has 0 heterocycles. The molecule has 0 aliphatic heterocycles. The minimum atomic E-state index is -0.234.